The van der Waals surface area contributed by atoms with Gasteiger partial charge in [-0.25, -0.2) is 0 Å². The summed E-state index contributed by atoms with van der Waals surface area (Å²) in [6, 6.07) is 14.4. The van der Waals surface area contributed by atoms with Crippen molar-refractivity contribution in [1.82, 2.24) is 9.97 Å². The highest BCUT2D eigenvalue weighted by molar-refractivity contribution is 5.78. The van der Waals surface area contributed by atoms with Crippen molar-refractivity contribution in [1.29, 1.82) is 0 Å². The molecule has 0 radical (unpaired) electrons. The molecule has 3 aromatic rings. The fraction of sp³-hybridized carbons (Fsp3) is 0.143. The summed E-state index contributed by atoms with van der Waals surface area (Å²) in [7, 11) is 0. The van der Waals surface area contributed by atoms with E-state index in [9.17, 15) is 0 Å². The number of fused-ring (bicyclic) bond motifs is 1. The maximum Gasteiger partial charge on any atom is 0.105 e. The molecule has 1 aromatic carbocycles. The predicted molar refractivity (Wildman–Crippen MR) is 71.3 cm³/mol. The molecule has 1 fully saturated rings. The van der Waals surface area contributed by atoms with Crippen molar-refractivity contribution in [2.24, 2.45) is 0 Å². The molecule has 2 aromatic heterocycles. The molecule has 3 nitrogen and oxygen atoms in total. The van der Waals surface area contributed by atoms with Crippen molar-refractivity contribution >= 4 is 16.7 Å². The van der Waals surface area contributed by atoms with E-state index in [-0.39, 0.29) is 0 Å². The van der Waals surface area contributed by atoms with Crippen LogP contribution in [0.3, 0.4) is 0 Å². The molecule has 1 saturated heterocycles. The van der Waals surface area contributed by atoms with E-state index in [0.717, 1.165) is 0 Å². The van der Waals surface area contributed by atoms with Gasteiger partial charge in [0, 0.05) is 31.0 Å². The van der Waals surface area contributed by atoms with Gasteiger partial charge < -0.3 is 14.9 Å². The van der Waals surface area contributed by atoms with Crippen molar-refractivity contribution in [3.63, 3.8) is 0 Å². The maximum atomic E-state index is 3.12. The van der Waals surface area contributed by atoms with Crippen LogP contribution in [0.5, 0.6) is 0 Å². The molecule has 1 aliphatic rings. The van der Waals surface area contributed by atoms with Crippen LogP contribution in [0.25, 0.3) is 10.9 Å². The van der Waals surface area contributed by atoms with Crippen LogP contribution in [0.2, 0.25) is 0 Å². The number of H-pyrrole nitrogens is 2. The topological polar surface area (TPSA) is 34.6 Å². The molecule has 0 amide bonds. The van der Waals surface area contributed by atoms with Crippen molar-refractivity contribution < 1.29 is 0 Å². The monoisotopic (exact) mass is 225 g/mol. The van der Waals surface area contributed by atoms with Crippen LogP contribution in [-0.4, -0.2) is 23.1 Å². The summed E-state index contributed by atoms with van der Waals surface area (Å²) < 4.78 is 0. The van der Waals surface area contributed by atoms with Crippen LogP contribution in [0, 0.1) is 0 Å². The van der Waals surface area contributed by atoms with E-state index >= 15 is 0 Å². The van der Waals surface area contributed by atoms with Crippen LogP contribution < -0.4 is 4.90 Å². The van der Waals surface area contributed by atoms with Gasteiger partial charge in [-0.15, -0.1) is 0 Å². The normalized spacial score (nSPS) is 13.3. The van der Waals surface area contributed by atoms with E-state index < -0.39 is 0 Å². The highest BCUT2D eigenvalue weighted by atomic mass is 15.3. The average molecular weight is 225 g/mol. The van der Waals surface area contributed by atoms with Gasteiger partial charge in [0.15, 0.2) is 0 Å². The second-order valence-electron chi connectivity index (χ2n) is 4.11. The third kappa shape index (κ3) is 2.33. The number of para-hydroxylation sites is 1. The lowest BCUT2D eigenvalue weighted by molar-refractivity contribution is 1.28. The first kappa shape index (κ1) is 10.0. The number of nitrogens with one attached hydrogen (secondary N) is 2. The van der Waals surface area contributed by atoms with Gasteiger partial charge in [-0.1, -0.05) is 18.2 Å². The van der Waals surface area contributed by atoms with E-state index in [2.05, 4.69) is 39.1 Å². The lowest BCUT2D eigenvalue weighted by Gasteiger charge is -1.92. The second kappa shape index (κ2) is 4.37. The fourth-order valence-electron chi connectivity index (χ4n) is 1.80. The van der Waals surface area contributed by atoms with E-state index in [1.807, 2.05) is 30.6 Å². The van der Waals surface area contributed by atoms with Gasteiger partial charge in [-0.05, 0) is 29.7 Å². The number of hydrogen-bond acceptors (Lipinski definition) is 1. The maximum absolute atomic E-state index is 3.12. The standard InChI is InChI=1S/C8H7N.C6H8N2/c1-2-4-8-7(3-1)5-6-9-8;1-2-6(7-3-1)8-4-5-8/h1-6,9H;1-3,7H,4-5H2. The largest absolute Gasteiger partial charge is 0.361 e. The molecular formula is C14H15N3. The summed E-state index contributed by atoms with van der Waals surface area (Å²) in [5, 5.41) is 1.28. The third-order valence-electron chi connectivity index (χ3n) is 2.83. The Labute approximate surface area is 100 Å². The van der Waals surface area contributed by atoms with Crippen LogP contribution in [-0.2, 0) is 0 Å². The zero-order valence-electron chi connectivity index (χ0n) is 9.56. The third-order valence-corrected chi connectivity index (χ3v) is 2.83. The molecule has 0 atom stereocenters. The van der Waals surface area contributed by atoms with Gasteiger partial charge in [0.25, 0.3) is 0 Å². The Morgan fingerprint density at radius 1 is 0.824 bits per heavy atom. The average Bonchev–Trinajstić information content (AvgIpc) is 2.92. The number of anilines is 1. The highest BCUT2D eigenvalue weighted by Crippen LogP contribution is 2.16. The van der Waals surface area contributed by atoms with E-state index in [1.165, 1.54) is 29.8 Å². The lowest BCUT2D eigenvalue weighted by atomic mass is 10.3. The molecule has 0 spiro atoms. The van der Waals surface area contributed by atoms with Gasteiger partial charge in [-0.2, -0.15) is 0 Å². The first-order valence-corrected chi connectivity index (χ1v) is 5.84. The van der Waals surface area contributed by atoms with Crippen molar-refractivity contribution in [3.05, 3.63) is 54.9 Å². The van der Waals surface area contributed by atoms with Gasteiger partial charge >= 0.3 is 0 Å². The molecule has 3 heteroatoms. The van der Waals surface area contributed by atoms with Gasteiger partial charge in [0.05, 0.1) is 0 Å². The molecular weight excluding hydrogens is 210 g/mol. The predicted octanol–water partition coefficient (Wildman–Crippen LogP) is 3.00. The van der Waals surface area contributed by atoms with E-state index in [0.29, 0.717) is 0 Å². The van der Waals surface area contributed by atoms with E-state index in [1.54, 1.807) is 0 Å². The Balaban J connectivity index is 0.000000107. The summed E-state index contributed by atoms with van der Waals surface area (Å²) in [5.74, 6) is 1.25. The number of nitrogens with zero attached hydrogens (tertiary/aromatic N) is 1. The summed E-state index contributed by atoms with van der Waals surface area (Å²) in [6.07, 6.45) is 3.90. The molecule has 1 aliphatic heterocycles. The highest BCUT2D eigenvalue weighted by Gasteiger charge is 2.17. The second-order valence-corrected chi connectivity index (χ2v) is 4.11. The molecule has 0 bridgehead atoms. The summed E-state index contributed by atoms with van der Waals surface area (Å²) in [6.45, 7) is 2.45. The first-order chi connectivity index (χ1) is 8.43. The quantitative estimate of drug-likeness (QED) is 0.613. The Morgan fingerprint density at radius 2 is 1.71 bits per heavy atom. The molecule has 0 unspecified atom stereocenters. The minimum absolute atomic E-state index is 1.21. The smallest absolute Gasteiger partial charge is 0.105 e. The molecule has 0 saturated carbocycles. The number of aromatic amines is 2. The Hall–Kier alpha value is -2.16. The van der Waals surface area contributed by atoms with Crippen LogP contribution in [0.4, 0.5) is 5.82 Å². The molecule has 17 heavy (non-hydrogen) atoms. The SMILES string of the molecule is c1c[nH]c(N2CC2)c1.c1ccc2[nH]ccc2c1. The van der Waals surface area contributed by atoms with Crippen molar-refractivity contribution in [2.45, 2.75) is 0 Å². The Morgan fingerprint density at radius 3 is 2.41 bits per heavy atom. The summed E-state index contributed by atoms with van der Waals surface area (Å²) >= 11 is 0. The van der Waals surface area contributed by atoms with Crippen molar-refractivity contribution in [3.8, 4) is 0 Å². The van der Waals surface area contributed by atoms with Gasteiger partial charge in [-0.3, -0.25) is 0 Å². The molecule has 0 aliphatic carbocycles. The van der Waals surface area contributed by atoms with Crippen molar-refractivity contribution in [2.75, 3.05) is 18.0 Å². The summed E-state index contributed by atoms with van der Waals surface area (Å²) in [5.41, 5.74) is 1.21. The van der Waals surface area contributed by atoms with Crippen LogP contribution >= 0.6 is 0 Å². The number of benzene rings is 1. The number of hydrogen-bond donors (Lipinski definition) is 2. The van der Waals surface area contributed by atoms with E-state index in [4.69, 9.17) is 0 Å². The minimum atomic E-state index is 1.21. The fourth-order valence-corrected chi connectivity index (χ4v) is 1.80. The number of aromatic nitrogens is 2. The van der Waals surface area contributed by atoms with Crippen LogP contribution in [0.1, 0.15) is 0 Å². The Kier molecular flexibility index (Phi) is 2.58. The summed E-state index contributed by atoms with van der Waals surface area (Å²) in [4.78, 5) is 8.52. The lowest BCUT2D eigenvalue weighted by Crippen LogP contribution is -1.88. The van der Waals surface area contributed by atoms with Crippen LogP contribution in [0.15, 0.2) is 54.9 Å². The molecule has 86 valence electrons. The van der Waals surface area contributed by atoms with Gasteiger partial charge in [0.2, 0.25) is 0 Å². The molecule has 4 rings (SSSR count). The molecule has 2 N–H and O–H groups in total. The molecule has 3 heterocycles. The minimum Gasteiger partial charge on any atom is -0.361 e. The zero-order valence-corrected chi connectivity index (χ0v) is 9.56. The number of rotatable bonds is 1. The Bertz CT molecular complexity index is 546. The first-order valence-electron chi connectivity index (χ1n) is 5.84. The van der Waals surface area contributed by atoms with Gasteiger partial charge in [0.1, 0.15) is 5.82 Å². The zero-order chi connectivity index (χ0) is 11.5.